The molecule has 5 nitrogen and oxygen atoms in total. The molecule has 0 aromatic heterocycles. The van der Waals surface area contributed by atoms with E-state index in [1.54, 1.807) is 12.1 Å². The van der Waals surface area contributed by atoms with Crippen LogP contribution in [0.2, 0.25) is 0 Å². The lowest BCUT2D eigenvalue weighted by atomic mass is 10.0. The smallest absolute Gasteiger partial charge is 0.487 e. The number of benzene rings is 2. The number of hydrogen-bond acceptors (Lipinski definition) is 4. The SMILES string of the molecule is C=CC(=O)NC1COc2c(cccc2Oc2ccc(OC(F)(F)F)cc2)C1. The van der Waals surface area contributed by atoms with E-state index in [1.807, 2.05) is 6.07 Å². The van der Waals surface area contributed by atoms with E-state index in [0.717, 1.165) is 5.56 Å². The van der Waals surface area contributed by atoms with Gasteiger partial charge in [0.15, 0.2) is 11.5 Å². The Kier molecular flexibility index (Phi) is 5.25. The van der Waals surface area contributed by atoms with Gasteiger partial charge in [-0.1, -0.05) is 18.7 Å². The van der Waals surface area contributed by atoms with Gasteiger partial charge in [0.25, 0.3) is 0 Å². The van der Waals surface area contributed by atoms with E-state index in [9.17, 15) is 18.0 Å². The van der Waals surface area contributed by atoms with Gasteiger partial charge in [0, 0.05) is 5.56 Å². The van der Waals surface area contributed by atoms with E-state index in [-0.39, 0.29) is 24.3 Å². The number of ether oxygens (including phenoxy) is 3. The summed E-state index contributed by atoms with van der Waals surface area (Å²) in [5.41, 5.74) is 0.852. The molecular formula is C19H16F3NO4. The predicted octanol–water partition coefficient (Wildman–Crippen LogP) is 3.98. The lowest BCUT2D eigenvalue weighted by Gasteiger charge is -2.27. The van der Waals surface area contributed by atoms with Gasteiger partial charge in [-0.05, 0) is 42.8 Å². The highest BCUT2D eigenvalue weighted by Crippen LogP contribution is 2.38. The summed E-state index contributed by atoms with van der Waals surface area (Å²) >= 11 is 0. The Morgan fingerprint density at radius 3 is 2.56 bits per heavy atom. The van der Waals surface area contributed by atoms with Gasteiger partial charge in [-0.3, -0.25) is 4.79 Å². The van der Waals surface area contributed by atoms with Crippen LogP contribution in [0.1, 0.15) is 5.56 Å². The first kappa shape index (κ1) is 18.6. The second-order valence-corrected chi connectivity index (χ2v) is 5.79. The zero-order valence-corrected chi connectivity index (χ0v) is 14.1. The van der Waals surface area contributed by atoms with Crippen molar-refractivity contribution in [3.8, 4) is 23.0 Å². The molecule has 1 aliphatic rings. The number of alkyl halides is 3. The van der Waals surface area contributed by atoms with Gasteiger partial charge in [0.05, 0.1) is 6.04 Å². The van der Waals surface area contributed by atoms with Crippen molar-refractivity contribution in [2.24, 2.45) is 0 Å². The van der Waals surface area contributed by atoms with Gasteiger partial charge < -0.3 is 19.5 Å². The van der Waals surface area contributed by atoms with Crippen molar-refractivity contribution in [2.45, 2.75) is 18.8 Å². The highest BCUT2D eigenvalue weighted by atomic mass is 19.4. The normalized spacial score (nSPS) is 15.9. The summed E-state index contributed by atoms with van der Waals surface area (Å²) in [7, 11) is 0. The summed E-state index contributed by atoms with van der Waals surface area (Å²) in [5.74, 6) is 0.703. The minimum absolute atomic E-state index is 0.183. The zero-order chi connectivity index (χ0) is 19.4. The van der Waals surface area contributed by atoms with Gasteiger partial charge in [0.2, 0.25) is 5.91 Å². The molecule has 1 heterocycles. The van der Waals surface area contributed by atoms with Crippen molar-refractivity contribution in [2.75, 3.05) is 6.61 Å². The average molecular weight is 379 g/mol. The molecule has 0 saturated carbocycles. The Balaban J connectivity index is 1.71. The zero-order valence-electron chi connectivity index (χ0n) is 14.1. The molecule has 8 heteroatoms. The molecule has 1 N–H and O–H groups in total. The predicted molar refractivity (Wildman–Crippen MR) is 91.0 cm³/mol. The highest BCUT2D eigenvalue weighted by Gasteiger charge is 2.31. The number of nitrogens with one attached hydrogen (secondary N) is 1. The summed E-state index contributed by atoms with van der Waals surface area (Å²) < 4.78 is 51.9. The molecule has 3 rings (SSSR count). The van der Waals surface area contributed by atoms with E-state index in [0.29, 0.717) is 23.7 Å². The number of para-hydroxylation sites is 1. The topological polar surface area (TPSA) is 56.8 Å². The first-order valence-corrected chi connectivity index (χ1v) is 8.05. The quantitative estimate of drug-likeness (QED) is 0.799. The van der Waals surface area contributed by atoms with Gasteiger partial charge in [0.1, 0.15) is 18.1 Å². The Bertz CT molecular complexity index is 834. The number of carbonyl (C=O) groups excluding carboxylic acids is 1. The summed E-state index contributed by atoms with van der Waals surface area (Å²) in [6.07, 6.45) is -2.99. The monoisotopic (exact) mass is 379 g/mol. The third kappa shape index (κ3) is 4.93. The summed E-state index contributed by atoms with van der Waals surface area (Å²) in [4.78, 5) is 11.4. The van der Waals surface area contributed by atoms with Gasteiger partial charge >= 0.3 is 6.36 Å². The van der Waals surface area contributed by atoms with Crippen LogP contribution in [0.25, 0.3) is 0 Å². The van der Waals surface area contributed by atoms with E-state index in [2.05, 4.69) is 16.6 Å². The lowest BCUT2D eigenvalue weighted by Crippen LogP contribution is -2.42. The first-order valence-electron chi connectivity index (χ1n) is 8.05. The molecule has 142 valence electrons. The first-order chi connectivity index (χ1) is 12.8. The Hall–Kier alpha value is -3.16. The second-order valence-electron chi connectivity index (χ2n) is 5.79. The van der Waals surface area contributed by atoms with Crippen molar-refractivity contribution in [3.05, 3.63) is 60.7 Å². The third-order valence-electron chi connectivity index (χ3n) is 3.77. The summed E-state index contributed by atoms with van der Waals surface area (Å²) in [6.45, 7) is 3.68. The number of rotatable bonds is 5. The van der Waals surface area contributed by atoms with Crippen molar-refractivity contribution in [1.82, 2.24) is 5.32 Å². The Morgan fingerprint density at radius 1 is 1.19 bits per heavy atom. The van der Waals surface area contributed by atoms with Gasteiger partial charge in [-0.2, -0.15) is 0 Å². The molecule has 0 aliphatic carbocycles. The Labute approximate surface area is 153 Å². The molecule has 1 aliphatic heterocycles. The van der Waals surface area contributed by atoms with Crippen molar-refractivity contribution < 1.29 is 32.2 Å². The fraction of sp³-hybridized carbons (Fsp3) is 0.211. The number of hydrogen-bond donors (Lipinski definition) is 1. The van der Waals surface area contributed by atoms with Crippen LogP contribution in [0.15, 0.2) is 55.1 Å². The van der Waals surface area contributed by atoms with Crippen LogP contribution in [-0.2, 0) is 11.2 Å². The molecule has 27 heavy (non-hydrogen) atoms. The van der Waals surface area contributed by atoms with E-state index < -0.39 is 6.36 Å². The van der Waals surface area contributed by atoms with Crippen LogP contribution in [-0.4, -0.2) is 24.9 Å². The minimum Gasteiger partial charge on any atom is -0.487 e. The number of fused-ring (bicyclic) bond motifs is 1. The number of amides is 1. The van der Waals surface area contributed by atoms with E-state index in [4.69, 9.17) is 9.47 Å². The highest BCUT2D eigenvalue weighted by molar-refractivity contribution is 5.87. The van der Waals surface area contributed by atoms with Crippen LogP contribution in [0.4, 0.5) is 13.2 Å². The summed E-state index contributed by atoms with van der Waals surface area (Å²) in [6, 6.07) is 10.2. The van der Waals surface area contributed by atoms with Crippen LogP contribution in [0.3, 0.4) is 0 Å². The lowest BCUT2D eigenvalue weighted by molar-refractivity contribution is -0.274. The van der Waals surface area contributed by atoms with Crippen molar-refractivity contribution in [1.29, 1.82) is 0 Å². The number of halogens is 3. The van der Waals surface area contributed by atoms with Crippen LogP contribution in [0.5, 0.6) is 23.0 Å². The summed E-state index contributed by atoms with van der Waals surface area (Å²) in [5, 5.41) is 2.77. The molecule has 2 aromatic carbocycles. The van der Waals surface area contributed by atoms with Gasteiger partial charge in [-0.15, -0.1) is 13.2 Å². The molecule has 0 spiro atoms. The van der Waals surface area contributed by atoms with Crippen molar-refractivity contribution in [3.63, 3.8) is 0 Å². The van der Waals surface area contributed by atoms with Crippen molar-refractivity contribution >= 4 is 5.91 Å². The van der Waals surface area contributed by atoms with Crippen LogP contribution >= 0.6 is 0 Å². The van der Waals surface area contributed by atoms with Gasteiger partial charge in [-0.25, -0.2) is 0 Å². The Morgan fingerprint density at radius 2 is 1.89 bits per heavy atom. The fourth-order valence-electron chi connectivity index (χ4n) is 2.66. The van der Waals surface area contributed by atoms with Crippen LogP contribution < -0.4 is 19.5 Å². The maximum Gasteiger partial charge on any atom is 0.573 e. The molecule has 0 fully saturated rings. The molecule has 1 amide bonds. The standard InChI is InChI=1S/C19H16F3NO4/c1-2-17(24)23-13-10-12-4-3-5-16(18(12)25-11-13)26-14-6-8-15(9-7-14)27-19(20,21)22/h2-9,13H,1,10-11H2,(H,23,24). The molecule has 1 atom stereocenters. The third-order valence-corrected chi connectivity index (χ3v) is 3.77. The van der Waals surface area contributed by atoms with Crippen LogP contribution in [0, 0.1) is 0 Å². The number of carbonyl (C=O) groups is 1. The molecule has 0 saturated heterocycles. The molecular weight excluding hydrogens is 363 g/mol. The molecule has 0 bridgehead atoms. The minimum atomic E-state index is -4.74. The maximum atomic E-state index is 12.2. The molecule has 1 unspecified atom stereocenters. The fourth-order valence-corrected chi connectivity index (χ4v) is 2.66. The molecule has 2 aromatic rings. The molecule has 0 radical (unpaired) electrons. The largest absolute Gasteiger partial charge is 0.573 e. The van der Waals surface area contributed by atoms with E-state index >= 15 is 0 Å². The second kappa shape index (κ2) is 7.61. The average Bonchev–Trinajstić information content (AvgIpc) is 2.62. The van der Waals surface area contributed by atoms with E-state index in [1.165, 1.54) is 30.3 Å². The maximum absolute atomic E-state index is 12.2.